The third-order valence-corrected chi connectivity index (χ3v) is 8.81. The molecule has 190 valence electrons. The normalized spacial score (nSPS) is 17.6. The summed E-state index contributed by atoms with van der Waals surface area (Å²) in [7, 11) is -3.51. The van der Waals surface area contributed by atoms with Crippen LogP contribution in [0.2, 0.25) is 0 Å². The van der Waals surface area contributed by atoms with E-state index in [4.69, 9.17) is 0 Å². The van der Waals surface area contributed by atoms with E-state index in [1.165, 1.54) is 16.7 Å². The zero-order chi connectivity index (χ0) is 24.8. The Bertz CT molecular complexity index is 1190. The summed E-state index contributed by atoms with van der Waals surface area (Å²) in [6, 6.07) is 27.2. The van der Waals surface area contributed by atoms with Gasteiger partial charge in [-0.15, -0.1) is 0 Å². The van der Waals surface area contributed by atoms with Crippen LogP contribution in [-0.2, 0) is 22.9 Å². The first kappa shape index (κ1) is 25.1. The van der Waals surface area contributed by atoms with Gasteiger partial charge in [0.05, 0.1) is 10.9 Å². The molecular formula is C29H36N4O2S. The summed E-state index contributed by atoms with van der Waals surface area (Å²) < 4.78 is 28.7. The summed E-state index contributed by atoms with van der Waals surface area (Å²) in [6.45, 7) is 6.70. The number of hydrogen-bond donors (Lipinski definition) is 2. The second kappa shape index (κ2) is 11.7. The van der Waals surface area contributed by atoms with Crippen LogP contribution in [0.5, 0.6) is 0 Å². The van der Waals surface area contributed by atoms with Crippen molar-refractivity contribution in [3.8, 4) is 0 Å². The smallest absolute Gasteiger partial charge is 0.240 e. The largest absolute Gasteiger partial charge is 0.316 e. The van der Waals surface area contributed by atoms with Crippen molar-refractivity contribution < 1.29 is 8.42 Å². The standard InChI is InChI=1S/C29H36N4O2S/c34-36(35,28-12-11-24-13-15-30-16-14-27(24)23-28)31-17-18-32-19-21-33(22-20-32)29(25-7-3-1-4-8-25)26-9-5-2-6-10-26/h1-12,23,29-31H,13-22H2. The quantitative estimate of drug-likeness (QED) is 0.494. The number of benzene rings is 3. The van der Waals surface area contributed by atoms with E-state index < -0.39 is 10.0 Å². The van der Waals surface area contributed by atoms with Crippen molar-refractivity contribution in [3.05, 3.63) is 101 Å². The van der Waals surface area contributed by atoms with Crippen LogP contribution >= 0.6 is 0 Å². The molecule has 2 N–H and O–H groups in total. The molecule has 0 aliphatic carbocycles. The van der Waals surface area contributed by atoms with Crippen LogP contribution in [0.1, 0.15) is 28.3 Å². The van der Waals surface area contributed by atoms with E-state index >= 15 is 0 Å². The highest BCUT2D eigenvalue weighted by atomic mass is 32.2. The van der Waals surface area contributed by atoms with Crippen molar-refractivity contribution in [1.29, 1.82) is 0 Å². The molecule has 1 saturated heterocycles. The van der Waals surface area contributed by atoms with Crippen LogP contribution in [0.4, 0.5) is 0 Å². The lowest BCUT2D eigenvalue weighted by atomic mass is 9.96. The fourth-order valence-corrected chi connectivity index (χ4v) is 6.44. The number of hydrogen-bond acceptors (Lipinski definition) is 5. The number of sulfonamides is 1. The van der Waals surface area contributed by atoms with E-state index in [-0.39, 0.29) is 6.04 Å². The lowest BCUT2D eigenvalue weighted by molar-refractivity contribution is 0.111. The summed E-state index contributed by atoms with van der Waals surface area (Å²) in [4.78, 5) is 5.27. The summed E-state index contributed by atoms with van der Waals surface area (Å²) >= 11 is 0. The van der Waals surface area contributed by atoms with Gasteiger partial charge in [0, 0.05) is 39.3 Å². The molecule has 0 spiro atoms. The molecule has 0 atom stereocenters. The number of piperazine rings is 1. The molecule has 3 aromatic carbocycles. The molecule has 0 radical (unpaired) electrons. The van der Waals surface area contributed by atoms with Crippen LogP contribution in [-0.4, -0.2) is 70.6 Å². The summed E-state index contributed by atoms with van der Waals surface area (Å²) in [5.41, 5.74) is 5.01. The Labute approximate surface area is 215 Å². The average molecular weight is 505 g/mol. The maximum Gasteiger partial charge on any atom is 0.240 e. The Morgan fingerprint density at radius 1 is 0.778 bits per heavy atom. The van der Waals surface area contributed by atoms with Crippen LogP contribution in [0.3, 0.4) is 0 Å². The lowest BCUT2D eigenvalue weighted by Gasteiger charge is -2.39. The molecule has 2 aliphatic heterocycles. The second-order valence-electron chi connectivity index (χ2n) is 9.68. The molecule has 2 aliphatic rings. The molecule has 7 heteroatoms. The minimum atomic E-state index is -3.51. The Hall–Kier alpha value is -2.55. The monoisotopic (exact) mass is 504 g/mol. The number of nitrogens with one attached hydrogen (secondary N) is 2. The van der Waals surface area contributed by atoms with Crippen molar-refractivity contribution in [1.82, 2.24) is 19.8 Å². The maximum atomic E-state index is 12.9. The summed E-state index contributed by atoms with van der Waals surface area (Å²) in [5.74, 6) is 0. The number of rotatable bonds is 8. The predicted molar refractivity (Wildman–Crippen MR) is 145 cm³/mol. The van der Waals surface area contributed by atoms with Gasteiger partial charge in [-0.05, 0) is 60.3 Å². The molecule has 2 heterocycles. The fourth-order valence-electron chi connectivity index (χ4n) is 5.37. The van der Waals surface area contributed by atoms with E-state index in [1.54, 1.807) is 6.07 Å². The Balaban J connectivity index is 1.16. The van der Waals surface area contributed by atoms with Crippen LogP contribution in [0, 0.1) is 0 Å². The van der Waals surface area contributed by atoms with Crippen molar-refractivity contribution in [2.45, 2.75) is 23.8 Å². The third kappa shape index (κ3) is 6.05. The first-order valence-electron chi connectivity index (χ1n) is 13.0. The highest BCUT2D eigenvalue weighted by molar-refractivity contribution is 7.89. The zero-order valence-electron chi connectivity index (χ0n) is 20.8. The molecule has 0 bridgehead atoms. The van der Waals surface area contributed by atoms with Crippen molar-refractivity contribution in [2.75, 3.05) is 52.4 Å². The summed E-state index contributed by atoms with van der Waals surface area (Å²) in [5, 5.41) is 3.38. The topological polar surface area (TPSA) is 64.7 Å². The van der Waals surface area contributed by atoms with Gasteiger partial charge in [0.1, 0.15) is 0 Å². The predicted octanol–water partition coefficient (Wildman–Crippen LogP) is 3.06. The molecule has 3 aromatic rings. The van der Waals surface area contributed by atoms with Gasteiger partial charge in [-0.25, -0.2) is 13.1 Å². The van der Waals surface area contributed by atoms with Crippen molar-refractivity contribution >= 4 is 10.0 Å². The van der Waals surface area contributed by atoms with Gasteiger partial charge >= 0.3 is 0 Å². The molecule has 5 rings (SSSR count). The van der Waals surface area contributed by atoms with E-state index in [9.17, 15) is 8.42 Å². The van der Waals surface area contributed by atoms with Crippen molar-refractivity contribution in [2.24, 2.45) is 0 Å². The Morgan fingerprint density at radius 3 is 2.03 bits per heavy atom. The average Bonchev–Trinajstić information content (AvgIpc) is 3.16. The molecule has 0 aromatic heterocycles. The van der Waals surface area contributed by atoms with Gasteiger partial charge in [-0.3, -0.25) is 9.80 Å². The molecule has 0 unspecified atom stereocenters. The van der Waals surface area contributed by atoms with Gasteiger partial charge in [0.25, 0.3) is 0 Å². The van der Waals surface area contributed by atoms with Gasteiger partial charge < -0.3 is 5.32 Å². The van der Waals surface area contributed by atoms with E-state index in [0.29, 0.717) is 18.0 Å². The molecule has 0 saturated carbocycles. The van der Waals surface area contributed by atoms with Gasteiger partial charge in [-0.1, -0.05) is 66.7 Å². The molecule has 6 nitrogen and oxygen atoms in total. The van der Waals surface area contributed by atoms with Gasteiger partial charge in [0.15, 0.2) is 0 Å². The third-order valence-electron chi connectivity index (χ3n) is 7.35. The highest BCUT2D eigenvalue weighted by Crippen LogP contribution is 2.29. The maximum absolute atomic E-state index is 12.9. The number of fused-ring (bicyclic) bond motifs is 1. The fraction of sp³-hybridized carbons (Fsp3) is 0.379. The first-order valence-corrected chi connectivity index (χ1v) is 14.5. The van der Waals surface area contributed by atoms with Crippen LogP contribution in [0.25, 0.3) is 0 Å². The molecular weight excluding hydrogens is 468 g/mol. The molecule has 0 amide bonds. The van der Waals surface area contributed by atoms with E-state index in [2.05, 4.69) is 80.5 Å². The SMILES string of the molecule is O=S(=O)(NCCN1CCN(C(c2ccccc2)c2ccccc2)CC1)c1ccc2c(c1)CCNCC2. The minimum absolute atomic E-state index is 0.233. The van der Waals surface area contributed by atoms with Crippen LogP contribution in [0.15, 0.2) is 83.8 Å². The van der Waals surface area contributed by atoms with Gasteiger partial charge in [-0.2, -0.15) is 0 Å². The lowest BCUT2D eigenvalue weighted by Crippen LogP contribution is -2.49. The van der Waals surface area contributed by atoms with E-state index in [1.807, 2.05) is 12.1 Å². The highest BCUT2D eigenvalue weighted by Gasteiger charge is 2.26. The molecule has 36 heavy (non-hydrogen) atoms. The van der Waals surface area contributed by atoms with Gasteiger partial charge in [0.2, 0.25) is 10.0 Å². The van der Waals surface area contributed by atoms with Crippen LogP contribution < -0.4 is 10.0 Å². The first-order chi connectivity index (χ1) is 17.6. The minimum Gasteiger partial charge on any atom is -0.316 e. The molecule has 1 fully saturated rings. The van der Waals surface area contributed by atoms with Crippen molar-refractivity contribution in [3.63, 3.8) is 0 Å². The Kier molecular flexibility index (Phi) is 8.14. The second-order valence-corrected chi connectivity index (χ2v) is 11.4. The van der Waals surface area contributed by atoms with E-state index in [0.717, 1.165) is 57.7 Å². The zero-order valence-corrected chi connectivity index (χ0v) is 21.6. The summed E-state index contributed by atoms with van der Waals surface area (Å²) in [6.07, 6.45) is 1.82. The Morgan fingerprint density at radius 2 is 1.39 bits per heavy atom. The number of nitrogens with zero attached hydrogens (tertiary/aromatic N) is 2.